The quantitative estimate of drug-likeness (QED) is 0.741. The Balaban J connectivity index is 3.41. The predicted molar refractivity (Wildman–Crippen MR) is 65.4 cm³/mol. The number of carbonyl (C=O) groups excluding carboxylic acids is 1. The first kappa shape index (κ1) is 16.3. The van der Waals surface area contributed by atoms with Crippen LogP contribution in [0.4, 0.5) is 13.2 Å². The maximum absolute atomic E-state index is 13.3. The van der Waals surface area contributed by atoms with Gasteiger partial charge in [0.1, 0.15) is 0 Å². The van der Waals surface area contributed by atoms with Gasteiger partial charge in [-0.15, -0.1) is 0 Å². The molecule has 0 radical (unpaired) electrons. The highest BCUT2D eigenvalue weighted by Gasteiger charge is 2.65. The van der Waals surface area contributed by atoms with Gasteiger partial charge in [0.25, 0.3) is 6.02 Å². The number of hydrogen-bond donors (Lipinski definition) is 0. The van der Waals surface area contributed by atoms with Gasteiger partial charge in [-0.1, -0.05) is 0 Å². The highest BCUT2D eigenvalue weighted by Crippen LogP contribution is 2.38. The Bertz CT molecular complexity index is 444. The Morgan fingerprint density at radius 3 is 2.30 bits per heavy atom. The summed E-state index contributed by atoms with van der Waals surface area (Å²) in [4.78, 5) is 19.7. The van der Waals surface area contributed by atoms with Crippen LogP contribution in [0.5, 0.6) is 0 Å². The lowest BCUT2D eigenvalue weighted by molar-refractivity contribution is -0.202. The molecule has 0 saturated carbocycles. The lowest BCUT2D eigenvalue weighted by Crippen LogP contribution is -2.54. The molecule has 0 amide bonds. The molecule has 0 aromatic heterocycles. The van der Waals surface area contributed by atoms with Crippen LogP contribution in [-0.4, -0.2) is 54.8 Å². The van der Waals surface area contributed by atoms with Crippen LogP contribution in [0.15, 0.2) is 9.98 Å². The van der Waals surface area contributed by atoms with Gasteiger partial charge in [-0.3, -0.25) is 0 Å². The van der Waals surface area contributed by atoms with Gasteiger partial charge in [-0.25, -0.2) is 9.79 Å². The van der Waals surface area contributed by atoms with Crippen molar-refractivity contribution in [3.63, 3.8) is 0 Å². The lowest BCUT2D eigenvalue weighted by Gasteiger charge is -2.32. The van der Waals surface area contributed by atoms with E-state index in [0.717, 1.165) is 7.11 Å². The van der Waals surface area contributed by atoms with E-state index in [1.807, 2.05) is 0 Å². The minimum atomic E-state index is -5.02. The molecular weight excluding hydrogens is 279 g/mol. The van der Waals surface area contributed by atoms with Gasteiger partial charge in [0.2, 0.25) is 0 Å². The zero-order chi connectivity index (χ0) is 15.6. The second-order valence-corrected chi connectivity index (χ2v) is 3.96. The number of methoxy groups -OCH3 is 1. The van der Waals surface area contributed by atoms with Crippen molar-refractivity contribution in [3.05, 3.63) is 0 Å². The van der Waals surface area contributed by atoms with Crippen LogP contribution in [0.1, 0.15) is 20.8 Å². The summed E-state index contributed by atoms with van der Waals surface area (Å²) in [7, 11) is 0.850. The standard InChI is InChI=1S/C11H16F3N3O3/c1-5-17(6-2)9-16-10(8(18)19-4,11(12,13)14)15-7(3)20-9/h5-6H2,1-4H3. The number of amidine groups is 1. The number of esters is 1. The summed E-state index contributed by atoms with van der Waals surface area (Å²) in [6.07, 6.45) is -5.02. The number of ether oxygens (including phenoxy) is 2. The zero-order valence-corrected chi connectivity index (χ0v) is 11.6. The Labute approximate surface area is 114 Å². The molecule has 1 heterocycles. The number of halogens is 3. The molecule has 20 heavy (non-hydrogen) atoms. The van der Waals surface area contributed by atoms with Crippen molar-refractivity contribution in [2.45, 2.75) is 32.6 Å². The molecule has 1 atom stereocenters. The fourth-order valence-electron chi connectivity index (χ4n) is 1.67. The van der Waals surface area contributed by atoms with E-state index in [2.05, 4.69) is 14.7 Å². The summed E-state index contributed by atoms with van der Waals surface area (Å²) in [5, 5.41) is 0. The van der Waals surface area contributed by atoms with E-state index in [-0.39, 0.29) is 11.9 Å². The van der Waals surface area contributed by atoms with Gasteiger partial charge < -0.3 is 14.4 Å². The van der Waals surface area contributed by atoms with Gasteiger partial charge in [-0.05, 0) is 13.8 Å². The number of alkyl halides is 3. The second kappa shape index (κ2) is 5.68. The minimum Gasteiger partial charge on any atom is -0.465 e. The Morgan fingerprint density at radius 1 is 1.35 bits per heavy atom. The third-order valence-electron chi connectivity index (χ3n) is 2.71. The molecule has 6 nitrogen and oxygen atoms in total. The molecule has 1 rings (SSSR count). The monoisotopic (exact) mass is 295 g/mol. The van der Waals surface area contributed by atoms with E-state index >= 15 is 0 Å². The molecule has 0 bridgehead atoms. The summed E-state index contributed by atoms with van der Waals surface area (Å²) < 4.78 is 49.1. The summed E-state index contributed by atoms with van der Waals surface area (Å²) in [6, 6.07) is -0.301. The molecule has 1 unspecified atom stereocenters. The lowest BCUT2D eigenvalue weighted by atomic mass is 10.1. The molecule has 0 spiro atoms. The molecule has 114 valence electrons. The maximum atomic E-state index is 13.3. The topological polar surface area (TPSA) is 63.5 Å². The number of rotatable bonds is 3. The molecule has 9 heteroatoms. The van der Waals surface area contributed by atoms with Crippen molar-refractivity contribution in [1.82, 2.24) is 4.90 Å². The maximum Gasteiger partial charge on any atom is 0.446 e. The van der Waals surface area contributed by atoms with Crippen LogP contribution in [0.3, 0.4) is 0 Å². The second-order valence-electron chi connectivity index (χ2n) is 3.96. The number of nitrogens with zero attached hydrogens (tertiary/aromatic N) is 3. The summed E-state index contributed by atoms with van der Waals surface area (Å²) in [6.45, 7) is 5.42. The van der Waals surface area contributed by atoms with Gasteiger partial charge in [0, 0.05) is 20.0 Å². The van der Waals surface area contributed by atoms with Gasteiger partial charge in [0.05, 0.1) is 7.11 Å². The van der Waals surface area contributed by atoms with Gasteiger partial charge in [0.15, 0.2) is 5.90 Å². The zero-order valence-electron chi connectivity index (χ0n) is 11.6. The Morgan fingerprint density at radius 2 is 1.90 bits per heavy atom. The van der Waals surface area contributed by atoms with Crippen LogP contribution in [0.25, 0.3) is 0 Å². The molecule has 0 aromatic rings. The van der Waals surface area contributed by atoms with Gasteiger partial charge in [-0.2, -0.15) is 18.2 Å². The molecule has 0 N–H and O–H groups in total. The molecule has 1 aliphatic heterocycles. The third-order valence-corrected chi connectivity index (χ3v) is 2.71. The van der Waals surface area contributed by atoms with Crippen LogP contribution in [0.2, 0.25) is 0 Å². The molecule has 1 aliphatic rings. The molecule has 0 aliphatic carbocycles. The number of carbonyl (C=O) groups is 1. The SMILES string of the molecule is CCN(CC)C1=NC(C(=O)OC)(C(F)(F)F)N=C(C)O1. The molecular formula is C11H16F3N3O3. The van der Waals surface area contributed by atoms with E-state index < -0.39 is 17.8 Å². The smallest absolute Gasteiger partial charge is 0.446 e. The number of hydrogen-bond acceptors (Lipinski definition) is 6. The summed E-state index contributed by atoms with van der Waals surface area (Å²) in [5.74, 6) is -1.90. The van der Waals surface area contributed by atoms with Crippen molar-refractivity contribution in [1.29, 1.82) is 0 Å². The fourth-order valence-corrected chi connectivity index (χ4v) is 1.67. The first-order chi connectivity index (χ1) is 9.21. The van der Waals surface area contributed by atoms with Crippen LogP contribution >= 0.6 is 0 Å². The van der Waals surface area contributed by atoms with Crippen molar-refractivity contribution < 1.29 is 27.4 Å². The largest absolute Gasteiger partial charge is 0.465 e. The summed E-state index contributed by atoms with van der Waals surface area (Å²) >= 11 is 0. The highest BCUT2D eigenvalue weighted by atomic mass is 19.4. The fraction of sp³-hybridized carbons (Fsp3) is 0.727. The van der Waals surface area contributed by atoms with Crippen LogP contribution < -0.4 is 0 Å². The number of aliphatic imine (C=N–C) groups is 2. The van der Waals surface area contributed by atoms with Gasteiger partial charge >= 0.3 is 17.8 Å². The van der Waals surface area contributed by atoms with E-state index in [1.54, 1.807) is 13.8 Å². The average Bonchev–Trinajstić information content (AvgIpc) is 2.37. The van der Waals surface area contributed by atoms with Crippen LogP contribution in [-0.2, 0) is 14.3 Å². The van der Waals surface area contributed by atoms with E-state index in [4.69, 9.17) is 4.74 Å². The normalized spacial score (nSPS) is 22.6. The van der Waals surface area contributed by atoms with E-state index in [0.29, 0.717) is 13.1 Å². The Kier molecular flexibility index (Phi) is 4.61. The Hall–Kier alpha value is -1.80. The average molecular weight is 295 g/mol. The first-order valence-electron chi connectivity index (χ1n) is 5.96. The first-order valence-corrected chi connectivity index (χ1v) is 5.96. The van der Waals surface area contributed by atoms with E-state index in [9.17, 15) is 18.0 Å². The minimum absolute atomic E-state index is 0.301. The van der Waals surface area contributed by atoms with Crippen molar-refractivity contribution in [2.24, 2.45) is 9.98 Å². The van der Waals surface area contributed by atoms with Crippen LogP contribution in [0, 0.1) is 0 Å². The summed E-state index contributed by atoms with van der Waals surface area (Å²) in [5.41, 5.74) is -3.30. The molecule has 0 fully saturated rings. The van der Waals surface area contributed by atoms with Crippen molar-refractivity contribution in [3.8, 4) is 0 Å². The van der Waals surface area contributed by atoms with Crippen molar-refractivity contribution >= 4 is 17.9 Å². The highest BCUT2D eigenvalue weighted by molar-refractivity contribution is 5.97. The molecule has 0 aromatic carbocycles. The predicted octanol–water partition coefficient (Wildman–Crippen LogP) is 1.56. The third kappa shape index (κ3) is 2.70. The van der Waals surface area contributed by atoms with E-state index in [1.165, 1.54) is 11.8 Å². The molecule has 0 saturated heterocycles. The van der Waals surface area contributed by atoms with Crippen molar-refractivity contribution in [2.75, 3.05) is 20.2 Å².